The third-order valence-electron chi connectivity index (χ3n) is 4.79. The first-order valence-electron chi connectivity index (χ1n) is 9.71. The zero-order chi connectivity index (χ0) is 24.5. The van der Waals surface area contributed by atoms with Gasteiger partial charge in [0.1, 0.15) is 6.54 Å². The van der Waals surface area contributed by atoms with Crippen LogP contribution in [0.1, 0.15) is 16.1 Å². The smallest absolute Gasteiger partial charge is 0.418 e. The topological polar surface area (TPSA) is 126 Å². The minimum atomic E-state index is -4.88. The van der Waals surface area contributed by atoms with Crippen LogP contribution in [0.2, 0.25) is 0 Å². The fourth-order valence-electron chi connectivity index (χ4n) is 3.24. The predicted octanol–water partition coefficient (Wildman–Crippen LogP) is 3.19. The largest absolute Gasteiger partial charge is 0.459 e. The molecule has 0 bridgehead atoms. The number of H-pyrrole nitrogens is 1. The van der Waals surface area contributed by atoms with Crippen LogP contribution in [0, 0.1) is 0 Å². The molecule has 0 aliphatic heterocycles. The zero-order valence-corrected chi connectivity index (χ0v) is 17.1. The number of aromatic amines is 1. The van der Waals surface area contributed by atoms with Gasteiger partial charge in [0.15, 0.2) is 5.76 Å². The van der Waals surface area contributed by atoms with E-state index in [1.807, 2.05) is 0 Å². The molecule has 9 nitrogen and oxygen atoms in total. The van der Waals surface area contributed by atoms with Crippen molar-refractivity contribution in [1.29, 1.82) is 0 Å². The van der Waals surface area contributed by atoms with Gasteiger partial charge >= 0.3 is 11.9 Å². The molecule has 0 saturated heterocycles. The highest BCUT2D eigenvalue weighted by molar-refractivity contribution is 6.02. The molecule has 2 amide bonds. The van der Waals surface area contributed by atoms with E-state index >= 15 is 0 Å². The fraction of sp³-hybridized carbons (Fsp3) is 0.0909. The lowest BCUT2D eigenvalue weighted by Crippen LogP contribution is -2.38. The second-order valence-corrected chi connectivity index (χ2v) is 7.10. The van der Waals surface area contributed by atoms with Gasteiger partial charge < -0.3 is 20.0 Å². The van der Waals surface area contributed by atoms with E-state index in [1.165, 1.54) is 30.5 Å². The zero-order valence-electron chi connectivity index (χ0n) is 17.1. The van der Waals surface area contributed by atoms with Crippen LogP contribution < -0.4 is 21.9 Å². The van der Waals surface area contributed by atoms with Crippen molar-refractivity contribution in [2.75, 3.05) is 10.6 Å². The Morgan fingerprint density at radius 1 is 1.00 bits per heavy atom. The molecule has 174 valence electrons. The molecule has 2 aromatic carbocycles. The molecule has 0 aliphatic rings. The van der Waals surface area contributed by atoms with Crippen molar-refractivity contribution in [2.24, 2.45) is 0 Å². The summed E-state index contributed by atoms with van der Waals surface area (Å²) >= 11 is 0. The van der Waals surface area contributed by atoms with Crippen LogP contribution in [0.25, 0.3) is 10.9 Å². The summed E-state index contributed by atoms with van der Waals surface area (Å²) in [6.07, 6.45) is -3.65. The number of hydrogen-bond acceptors (Lipinski definition) is 5. The van der Waals surface area contributed by atoms with Crippen LogP contribution in [0.5, 0.6) is 0 Å². The summed E-state index contributed by atoms with van der Waals surface area (Å²) in [6.45, 7) is -0.812. The number of nitrogens with zero attached hydrogens (tertiary/aromatic N) is 1. The maximum absolute atomic E-state index is 13.6. The quantitative estimate of drug-likeness (QED) is 0.411. The number of benzene rings is 2. The van der Waals surface area contributed by atoms with Crippen LogP contribution >= 0.6 is 0 Å². The van der Waals surface area contributed by atoms with E-state index in [0.29, 0.717) is 10.6 Å². The monoisotopic (exact) mass is 472 g/mol. The SMILES string of the molecule is O=C(Cn1c(=O)[nH]c2ccccc2c1=O)Nc1ccc(NC(=O)c2ccco2)cc1C(F)(F)F. The van der Waals surface area contributed by atoms with E-state index in [4.69, 9.17) is 4.42 Å². The summed E-state index contributed by atoms with van der Waals surface area (Å²) in [6, 6.07) is 11.6. The predicted molar refractivity (Wildman–Crippen MR) is 116 cm³/mol. The number of amides is 2. The van der Waals surface area contributed by atoms with E-state index < -0.39 is 47.0 Å². The number of furan rings is 1. The number of para-hydroxylation sites is 1. The second-order valence-electron chi connectivity index (χ2n) is 7.10. The van der Waals surface area contributed by atoms with Gasteiger partial charge in [0, 0.05) is 5.69 Å². The molecule has 0 spiro atoms. The number of fused-ring (bicyclic) bond motifs is 1. The van der Waals surface area contributed by atoms with Gasteiger partial charge in [-0.2, -0.15) is 13.2 Å². The molecule has 2 aromatic heterocycles. The molecular weight excluding hydrogens is 457 g/mol. The molecule has 0 saturated carbocycles. The highest BCUT2D eigenvalue weighted by atomic mass is 19.4. The Hall–Kier alpha value is -4.61. The van der Waals surface area contributed by atoms with Crippen molar-refractivity contribution < 1.29 is 27.2 Å². The van der Waals surface area contributed by atoms with Crippen LogP contribution in [-0.4, -0.2) is 21.4 Å². The minimum absolute atomic E-state index is 0.100. The molecule has 0 atom stereocenters. The van der Waals surface area contributed by atoms with Gasteiger partial charge in [-0.05, 0) is 42.5 Å². The molecule has 4 aromatic rings. The Kier molecular flexibility index (Phi) is 5.80. The number of rotatable bonds is 5. The lowest BCUT2D eigenvalue weighted by Gasteiger charge is -2.16. The third-order valence-corrected chi connectivity index (χ3v) is 4.79. The van der Waals surface area contributed by atoms with Crippen LogP contribution in [0.4, 0.5) is 24.5 Å². The first-order chi connectivity index (χ1) is 16.1. The van der Waals surface area contributed by atoms with Crippen molar-refractivity contribution in [3.8, 4) is 0 Å². The second kappa shape index (κ2) is 8.73. The van der Waals surface area contributed by atoms with Gasteiger partial charge in [0.25, 0.3) is 11.5 Å². The number of carbonyl (C=O) groups excluding carboxylic acids is 2. The number of halogens is 3. The Bertz CT molecular complexity index is 1500. The molecule has 0 radical (unpaired) electrons. The molecule has 34 heavy (non-hydrogen) atoms. The summed E-state index contributed by atoms with van der Waals surface area (Å²) in [5.41, 5.74) is -3.42. The summed E-state index contributed by atoms with van der Waals surface area (Å²) in [7, 11) is 0. The fourth-order valence-corrected chi connectivity index (χ4v) is 3.24. The lowest BCUT2D eigenvalue weighted by atomic mass is 10.1. The number of hydrogen-bond donors (Lipinski definition) is 3. The number of aromatic nitrogens is 2. The van der Waals surface area contributed by atoms with Crippen molar-refractivity contribution >= 4 is 34.1 Å². The molecule has 0 aliphatic carbocycles. The van der Waals surface area contributed by atoms with E-state index in [0.717, 1.165) is 12.1 Å². The highest BCUT2D eigenvalue weighted by Gasteiger charge is 2.34. The van der Waals surface area contributed by atoms with Gasteiger partial charge in [-0.15, -0.1) is 0 Å². The molecule has 2 heterocycles. The molecular formula is C22H15F3N4O5. The van der Waals surface area contributed by atoms with Crippen molar-refractivity contribution in [1.82, 2.24) is 9.55 Å². The van der Waals surface area contributed by atoms with Gasteiger partial charge in [-0.1, -0.05) is 12.1 Å². The molecule has 3 N–H and O–H groups in total. The molecule has 0 fully saturated rings. The Morgan fingerprint density at radius 3 is 2.47 bits per heavy atom. The summed E-state index contributed by atoms with van der Waals surface area (Å²) < 4.78 is 46.4. The van der Waals surface area contributed by atoms with Gasteiger partial charge in [0.2, 0.25) is 5.91 Å². The minimum Gasteiger partial charge on any atom is -0.459 e. The first kappa shape index (κ1) is 22.6. The summed E-state index contributed by atoms with van der Waals surface area (Å²) in [4.78, 5) is 51.7. The Morgan fingerprint density at radius 2 is 1.76 bits per heavy atom. The maximum Gasteiger partial charge on any atom is 0.418 e. The Balaban J connectivity index is 1.59. The average molecular weight is 472 g/mol. The Labute approximate surface area is 187 Å². The third kappa shape index (κ3) is 4.60. The number of nitrogens with one attached hydrogen (secondary N) is 3. The average Bonchev–Trinajstić information content (AvgIpc) is 3.32. The van der Waals surface area contributed by atoms with E-state index in [9.17, 15) is 32.3 Å². The normalized spacial score (nSPS) is 11.4. The van der Waals surface area contributed by atoms with Gasteiger partial charge in [-0.3, -0.25) is 19.0 Å². The highest BCUT2D eigenvalue weighted by Crippen LogP contribution is 2.36. The van der Waals surface area contributed by atoms with Crippen molar-refractivity contribution in [3.05, 3.63) is 93.0 Å². The maximum atomic E-state index is 13.6. The first-order valence-corrected chi connectivity index (χ1v) is 9.71. The van der Waals surface area contributed by atoms with Crippen LogP contribution in [-0.2, 0) is 17.5 Å². The van der Waals surface area contributed by atoms with E-state index in [-0.39, 0.29) is 22.4 Å². The van der Waals surface area contributed by atoms with E-state index in [1.54, 1.807) is 12.1 Å². The standard InChI is InChI=1S/C22H15F3N4O5/c23-22(24,25)14-10-12(26-19(31)17-6-3-9-34-17)7-8-16(14)27-18(30)11-29-20(32)13-4-1-2-5-15(13)28-21(29)33/h1-10H,11H2,(H,26,31)(H,27,30)(H,28,33). The van der Waals surface area contributed by atoms with Crippen molar-refractivity contribution in [3.63, 3.8) is 0 Å². The lowest BCUT2D eigenvalue weighted by molar-refractivity contribution is -0.136. The van der Waals surface area contributed by atoms with E-state index in [2.05, 4.69) is 15.6 Å². The van der Waals surface area contributed by atoms with Crippen molar-refractivity contribution in [2.45, 2.75) is 12.7 Å². The summed E-state index contributed by atoms with van der Waals surface area (Å²) in [5.74, 6) is -1.89. The van der Waals surface area contributed by atoms with Gasteiger partial charge in [-0.25, -0.2) is 4.79 Å². The summed E-state index contributed by atoms with van der Waals surface area (Å²) in [5, 5.41) is 4.49. The van der Waals surface area contributed by atoms with Crippen LogP contribution in [0.15, 0.2) is 74.9 Å². The number of alkyl halides is 3. The molecule has 4 rings (SSSR count). The van der Waals surface area contributed by atoms with Gasteiger partial charge in [0.05, 0.1) is 28.4 Å². The number of carbonyl (C=O) groups is 2. The van der Waals surface area contributed by atoms with Crippen LogP contribution in [0.3, 0.4) is 0 Å². The molecule has 12 heteroatoms. The number of anilines is 2. The molecule has 0 unspecified atom stereocenters.